The molecule has 2 aromatic rings. The highest BCUT2D eigenvalue weighted by molar-refractivity contribution is 5.73. The van der Waals surface area contributed by atoms with Gasteiger partial charge in [-0.3, -0.25) is 0 Å². The molecule has 0 spiro atoms. The van der Waals surface area contributed by atoms with Crippen molar-refractivity contribution in [2.24, 2.45) is 0 Å². The average Bonchev–Trinajstić information content (AvgIpc) is 2.49. The highest BCUT2D eigenvalue weighted by Gasteiger charge is 2.09. The van der Waals surface area contributed by atoms with Crippen LogP contribution in [0.15, 0.2) is 42.5 Å². The third kappa shape index (κ3) is 2.83. The lowest BCUT2D eigenvalue weighted by molar-refractivity contribution is 0.414. The molecule has 0 saturated carbocycles. The first-order valence-electron chi connectivity index (χ1n) is 6.34. The highest BCUT2D eigenvalue weighted by atomic mass is 16.5. The summed E-state index contributed by atoms with van der Waals surface area (Å²) in [5.74, 6) is 0.826. The summed E-state index contributed by atoms with van der Waals surface area (Å²) >= 11 is 0. The van der Waals surface area contributed by atoms with Gasteiger partial charge in [0.05, 0.1) is 24.0 Å². The fourth-order valence-corrected chi connectivity index (χ4v) is 2.00. The fourth-order valence-electron chi connectivity index (χ4n) is 2.00. The van der Waals surface area contributed by atoms with E-state index in [-0.39, 0.29) is 6.04 Å². The Morgan fingerprint density at radius 1 is 1.20 bits per heavy atom. The number of benzene rings is 2. The lowest BCUT2D eigenvalue weighted by Gasteiger charge is -2.18. The van der Waals surface area contributed by atoms with Crippen molar-refractivity contribution in [3.8, 4) is 11.8 Å². The Morgan fingerprint density at radius 2 is 1.90 bits per heavy atom. The van der Waals surface area contributed by atoms with Gasteiger partial charge in [0.15, 0.2) is 0 Å². The Bertz CT molecular complexity index is 629. The molecule has 0 amide bonds. The summed E-state index contributed by atoms with van der Waals surface area (Å²) in [5, 5.41) is 12.3. The van der Waals surface area contributed by atoms with Crippen LogP contribution in [0.1, 0.15) is 24.1 Å². The van der Waals surface area contributed by atoms with E-state index in [2.05, 4.69) is 11.4 Å². The van der Waals surface area contributed by atoms with Gasteiger partial charge in [0.2, 0.25) is 0 Å². The van der Waals surface area contributed by atoms with Gasteiger partial charge in [-0.2, -0.15) is 5.26 Å². The second kappa shape index (κ2) is 5.98. The van der Waals surface area contributed by atoms with Gasteiger partial charge in [0, 0.05) is 6.04 Å². The summed E-state index contributed by atoms with van der Waals surface area (Å²) in [5.41, 5.74) is 8.81. The number of ether oxygens (including phenoxy) is 1. The Hall–Kier alpha value is -2.67. The summed E-state index contributed by atoms with van der Waals surface area (Å²) in [6.07, 6.45) is 0. The molecule has 0 heterocycles. The second-order valence-corrected chi connectivity index (χ2v) is 4.52. The van der Waals surface area contributed by atoms with Crippen molar-refractivity contribution in [2.45, 2.75) is 13.0 Å². The highest BCUT2D eigenvalue weighted by Crippen LogP contribution is 2.27. The molecule has 20 heavy (non-hydrogen) atoms. The van der Waals surface area contributed by atoms with E-state index in [0.29, 0.717) is 11.3 Å². The van der Waals surface area contributed by atoms with Crippen LogP contribution in [0.25, 0.3) is 0 Å². The van der Waals surface area contributed by atoms with Crippen LogP contribution < -0.4 is 15.8 Å². The van der Waals surface area contributed by atoms with Gasteiger partial charge in [0.25, 0.3) is 0 Å². The van der Waals surface area contributed by atoms with E-state index < -0.39 is 0 Å². The number of methoxy groups -OCH3 is 1. The van der Waals surface area contributed by atoms with E-state index >= 15 is 0 Å². The first-order valence-corrected chi connectivity index (χ1v) is 6.34. The van der Waals surface area contributed by atoms with Gasteiger partial charge < -0.3 is 15.8 Å². The minimum atomic E-state index is 0.0807. The van der Waals surface area contributed by atoms with Gasteiger partial charge in [-0.05, 0) is 36.8 Å². The molecular weight excluding hydrogens is 250 g/mol. The number of nitrogens with two attached hydrogens (primary N) is 1. The third-order valence-corrected chi connectivity index (χ3v) is 3.21. The molecule has 4 heteroatoms. The second-order valence-electron chi connectivity index (χ2n) is 4.52. The van der Waals surface area contributed by atoms with Gasteiger partial charge in [-0.25, -0.2) is 0 Å². The van der Waals surface area contributed by atoms with Crippen LogP contribution in [0, 0.1) is 11.3 Å². The molecule has 0 radical (unpaired) electrons. The van der Waals surface area contributed by atoms with Crippen molar-refractivity contribution in [3.63, 3.8) is 0 Å². The number of nitrogens with one attached hydrogen (secondary N) is 1. The van der Waals surface area contributed by atoms with Crippen LogP contribution in [-0.2, 0) is 0 Å². The fraction of sp³-hybridized carbons (Fsp3) is 0.188. The Labute approximate surface area is 118 Å². The Balaban J connectivity index is 2.19. The van der Waals surface area contributed by atoms with Gasteiger partial charge in [0.1, 0.15) is 11.8 Å². The predicted octanol–water partition coefficient (Wildman–Crippen LogP) is 3.32. The predicted molar refractivity (Wildman–Crippen MR) is 80.6 cm³/mol. The molecule has 2 aromatic carbocycles. The monoisotopic (exact) mass is 267 g/mol. The molecule has 0 aromatic heterocycles. The lowest BCUT2D eigenvalue weighted by atomic mass is 10.1. The number of hydrogen-bond acceptors (Lipinski definition) is 4. The minimum Gasteiger partial charge on any atom is -0.497 e. The number of rotatable bonds is 4. The van der Waals surface area contributed by atoms with Crippen molar-refractivity contribution in [1.82, 2.24) is 0 Å². The number of nitriles is 1. The minimum absolute atomic E-state index is 0.0807. The number of nitrogen functional groups attached to an aromatic ring is 1. The zero-order valence-electron chi connectivity index (χ0n) is 11.6. The van der Waals surface area contributed by atoms with Gasteiger partial charge >= 0.3 is 0 Å². The summed E-state index contributed by atoms with van der Waals surface area (Å²) in [7, 11) is 1.64. The van der Waals surface area contributed by atoms with Crippen LogP contribution in [-0.4, -0.2) is 7.11 Å². The molecule has 4 nitrogen and oxygen atoms in total. The van der Waals surface area contributed by atoms with E-state index in [1.165, 1.54) is 0 Å². The van der Waals surface area contributed by atoms with E-state index in [0.717, 1.165) is 17.0 Å². The molecule has 1 atom stereocenters. The summed E-state index contributed by atoms with van der Waals surface area (Å²) in [6.45, 7) is 2.04. The van der Waals surface area contributed by atoms with E-state index in [1.54, 1.807) is 13.2 Å². The van der Waals surface area contributed by atoms with E-state index in [9.17, 15) is 0 Å². The van der Waals surface area contributed by atoms with Crippen LogP contribution in [0.4, 0.5) is 11.4 Å². The van der Waals surface area contributed by atoms with E-state index in [4.69, 9.17) is 15.7 Å². The van der Waals surface area contributed by atoms with Crippen LogP contribution in [0.3, 0.4) is 0 Å². The number of anilines is 2. The van der Waals surface area contributed by atoms with Crippen molar-refractivity contribution >= 4 is 11.4 Å². The van der Waals surface area contributed by atoms with Crippen LogP contribution in [0.2, 0.25) is 0 Å². The first-order chi connectivity index (χ1) is 9.65. The molecule has 0 saturated heterocycles. The molecule has 0 aliphatic rings. The molecule has 102 valence electrons. The molecule has 2 rings (SSSR count). The molecule has 0 fully saturated rings. The Morgan fingerprint density at radius 3 is 2.50 bits per heavy atom. The summed E-state index contributed by atoms with van der Waals surface area (Å²) < 4.78 is 5.14. The SMILES string of the molecule is COc1ccc(C(C)Nc2cccc(C#N)c2N)cc1. The van der Waals surface area contributed by atoms with E-state index in [1.807, 2.05) is 43.3 Å². The van der Waals surface area contributed by atoms with Gasteiger partial charge in [-0.1, -0.05) is 18.2 Å². The standard InChI is InChI=1S/C16H17N3O/c1-11(12-6-8-14(20-2)9-7-12)19-15-5-3-4-13(10-17)16(15)18/h3-9,11,19H,18H2,1-2H3. The number of hydrogen-bond donors (Lipinski definition) is 2. The maximum absolute atomic E-state index is 8.98. The maximum Gasteiger partial charge on any atom is 0.118 e. The maximum atomic E-state index is 8.98. The quantitative estimate of drug-likeness (QED) is 0.834. The summed E-state index contributed by atoms with van der Waals surface area (Å²) in [6, 6.07) is 15.4. The number of para-hydroxylation sites is 1. The number of nitrogens with zero attached hydrogens (tertiary/aromatic N) is 1. The third-order valence-electron chi connectivity index (χ3n) is 3.21. The topological polar surface area (TPSA) is 71.1 Å². The molecule has 1 unspecified atom stereocenters. The largest absolute Gasteiger partial charge is 0.497 e. The van der Waals surface area contributed by atoms with Gasteiger partial charge in [-0.15, -0.1) is 0 Å². The lowest BCUT2D eigenvalue weighted by Crippen LogP contribution is -2.09. The van der Waals surface area contributed by atoms with Crippen LogP contribution in [0.5, 0.6) is 5.75 Å². The normalized spacial score (nSPS) is 11.4. The molecule has 0 aliphatic heterocycles. The average molecular weight is 267 g/mol. The smallest absolute Gasteiger partial charge is 0.118 e. The zero-order chi connectivity index (χ0) is 14.5. The summed E-state index contributed by atoms with van der Waals surface area (Å²) in [4.78, 5) is 0. The molecule has 0 bridgehead atoms. The van der Waals surface area contributed by atoms with Crippen molar-refractivity contribution in [3.05, 3.63) is 53.6 Å². The molecular formula is C16H17N3O. The first kappa shape index (κ1) is 13.8. The van der Waals surface area contributed by atoms with Crippen molar-refractivity contribution < 1.29 is 4.74 Å². The molecule has 3 N–H and O–H groups in total. The zero-order valence-corrected chi connectivity index (χ0v) is 11.6. The Kier molecular flexibility index (Phi) is 4.11. The van der Waals surface area contributed by atoms with Crippen molar-refractivity contribution in [2.75, 3.05) is 18.2 Å². The van der Waals surface area contributed by atoms with Crippen LogP contribution >= 0.6 is 0 Å². The molecule has 0 aliphatic carbocycles. The van der Waals surface area contributed by atoms with Crippen molar-refractivity contribution in [1.29, 1.82) is 5.26 Å².